The Morgan fingerprint density at radius 3 is 2.40 bits per heavy atom. The van der Waals surface area contributed by atoms with Gasteiger partial charge in [-0.3, -0.25) is 10.4 Å². The Balaban J connectivity index is 4.29. The fourth-order valence-electron chi connectivity index (χ4n) is 1.53. The summed E-state index contributed by atoms with van der Waals surface area (Å²) in [6.45, 7) is 9.57. The first-order valence-corrected chi connectivity index (χ1v) is 5.76. The van der Waals surface area contributed by atoms with Gasteiger partial charge in [-0.15, -0.1) is 0 Å². The number of nitrogens with one attached hydrogen (secondary N) is 1. The summed E-state index contributed by atoms with van der Waals surface area (Å²) in [5, 5.41) is 0. The molecule has 0 spiro atoms. The van der Waals surface area contributed by atoms with Crippen LogP contribution in [0.2, 0.25) is 0 Å². The molecule has 0 aliphatic carbocycles. The third kappa shape index (κ3) is 5.62. The second-order valence-electron chi connectivity index (χ2n) is 4.44. The van der Waals surface area contributed by atoms with Gasteiger partial charge in [0.15, 0.2) is 0 Å². The Labute approximate surface area is 93.9 Å². The van der Waals surface area contributed by atoms with Crippen LogP contribution in [0.25, 0.3) is 0 Å². The second-order valence-corrected chi connectivity index (χ2v) is 4.44. The van der Waals surface area contributed by atoms with Crippen molar-refractivity contribution in [3.05, 3.63) is 0 Å². The standard InChI is InChI=1S/C11H26N4/c1-6-7-13-11(14-12)15(5)10(4)8-9(2)3/h9-10H,6-8,12H2,1-5H3,(H,13,14). The average Bonchev–Trinajstić information content (AvgIpc) is 2.17. The molecule has 0 aliphatic rings. The molecule has 0 bridgehead atoms. The molecule has 4 heteroatoms. The maximum absolute atomic E-state index is 5.46. The van der Waals surface area contributed by atoms with Crippen molar-refractivity contribution in [3.8, 4) is 0 Å². The molecule has 0 radical (unpaired) electrons. The summed E-state index contributed by atoms with van der Waals surface area (Å²) in [4.78, 5) is 6.50. The first-order chi connectivity index (χ1) is 7.02. The van der Waals surface area contributed by atoms with E-state index in [9.17, 15) is 0 Å². The predicted molar refractivity (Wildman–Crippen MR) is 66.6 cm³/mol. The monoisotopic (exact) mass is 214 g/mol. The summed E-state index contributed by atoms with van der Waals surface area (Å²) in [5.74, 6) is 6.93. The molecule has 15 heavy (non-hydrogen) atoms. The maximum Gasteiger partial charge on any atom is 0.208 e. The average molecular weight is 214 g/mol. The van der Waals surface area contributed by atoms with Crippen LogP contribution in [-0.2, 0) is 0 Å². The van der Waals surface area contributed by atoms with Gasteiger partial charge in [0.25, 0.3) is 0 Å². The predicted octanol–water partition coefficient (Wildman–Crippen LogP) is 1.58. The van der Waals surface area contributed by atoms with Gasteiger partial charge in [-0.25, -0.2) is 5.84 Å². The van der Waals surface area contributed by atoms with Crippen molar-refractivity contribution >= 4 is 5.96 Å². The highest BCUT2D eigenvalue weighted by atomic mass is 15.4. The number of guanidine groups is 1. The molecule has 0 aliphatic heterocycles. The molecule has 1 atom stereocenters. The van der Waals surface area contributed by atoms with Crippen LogP contribution in [0.4, 0.5) is 0 Å². The summed E-state index contributed by atoms with van der Waals surface area (Å²) in [5.41, 5.74) is 2.67. The summed E-state index contributed by atoms with van der Waals surface area (Å²) in [6.07, 6.45) is 2.18. The van der Waals surface area contributed by atoms with Gasteiger partial charge in [0.2, 0.25) is 5.96 Å². The Morgan fingerprint density at radius 2 is 2.00 bits per heavy atom. The Hall–Kier alpha value is -0.770. The van der Waals surface area contributed by atoms with Crippen LogP contribution in [0.5, 0.6) is 0 Å². The molecule has 90 valence electrons. The highest BCUT2D eigenvalue weighted by molar-refractivity contribution is 5.79. The van der Waals surface area contributed by atoms with Crippen molar-refractivity contribution in [1.82, 2.24) is 10.3 Å². The lowest BCUT2D eigenvalue weighted by molar-refractivity contribution is 0.323. The number of rotatable bonds is 5. The van der Waals surface area contributed by atoms with Crippen LogP contribution in [0.1, 0.15) is 40.5 Å². The van der Waals surface area contributed by atoms with Crippen LogP contribution in [-0.4, -0.2) is 30.5 Å². The van der Waals surface area contributed by atoms with E-state index in [1.165, 1.54) is 0 Å². The molecule has 4 nitrogen and oxygen atoms in total. The third-order valence-electron chi connectivity index (χ3n) is 2.42. The molecule has 0 rings (SSSR count). The SMILES string of the molecule is CCCN=C(NN)N(C)C(C)CC(C)C. The Morgan fingerprint density at radius 1 is 1.40 bits per heavy atom. The van der Waals surface area contributed by atoms with E-state index in [1.807, 2.05) is 7.05 Å². The normalized spacial score (nSPS) is 14.2. The third-order valence-corrected chi connectivity index (χ3v) is 2.42. The van der Waals surface area contributed by atoms with E-state index in [-0.39, 0.29) is 0 Å². The lowest BCUT2D eigenvalue weighted by atomic mass is 10.0. The zero-order chi connectivity index (χ0) is 11.8. The number of hydrogen-bond acceptors (Lipinski definition) is 2. The Bertz CT molecular complexity index is 189. The molecular formula is C11H26N4. The molecule has 1 unspecified atom stereocenters. The second kappa shape index (κ2) is 7.51. The number of hydrazine groups is 1. The lowest BCUT2D eigenvalue weighted by Crippen LogP contribution is -2.47. The maximum atomic E-state index is 5.46. The van der Waals surface area contributed by atoms with Crippen molar-refractivity contribution in [1.29, 1.82) is 0 Å². The lowest BCUT2D eigenvalue weighted by Gasteiger charge is -2.28. The fraction of sp³-hybridized carbons (Fsp3) is 0.909. The topological polar surface area (TPSA) is 53.6 Å². The van der Waals surface area contributed by atoms with Gasteiger partial charge in [-0.2, -0.15) is 0 Å². The van der Waals surface area contributed by atoms with E-state index in [2.05, 4.69) is 43.0 Å². The van der Waals surface area contributed by atoms with Crippen LogP contribution < -0.4 is 11.3 Å². The van der Waals surface area contributed by atoms with Gasteiger partial charge in [0, 0.05) is 19.6 Å². The van der Waals surface area contributed by atoms with Crippen molar-refractivity contribution in [2.45, 2.75) is 46.6 Å². The minimum atomic E-state index is 0.455. The van der Waals surface area contributed by atoms with E-state index < -0.39 is 0 Å². The van der Waals surface area contributed by atoms with Gasteiger partial charge >= 0.3 is 0 Å². The molecule has 0 amide bonds. The highest BCUT2D eigenvalue weighted by Crippen LogP contribution is 2.09. The highest BCUT2D eigenvalue weighted by Gasteiger charge is 2.13. The summed E-state index contributed by atoms with van der Waals surface area (Å²) in [7, 11) is 2.03. The number of nitrogens with zero attached hydrogens (tertiary/aromatic N) is 2. The van der Waals surface area contributed by atoms with Crippen molar-refractivity contribution in [3.63, 3.8) is 0 Å². The van der Waals surface area contributed by atoms with E-state index in [4.69, 9.17) is 5.84 Å². The van der Waals surface area contributed by atoms with Gasteiger partial charge in [0.05, 0.1) is 0 Å². The van der Waals surface area contributed by atoms with Gasteiger partial charge in [0.1, 0.15) is 0 Å². The quantitative estimate of drug-likeness (QED) is 0.316. The van der Waals surface area contributed by atoms with Gasteiger partial charge in [-0.1, -0.05) is 20.8 Å². The van der Waals surface area contributed by atoms with Crippen LogP contribution in [0, 0.1) is 5.92 Å². The zero-order valence-electron chi connectivity index (χ0n) is 10.7. The van der Waals surface area contributed by atoms with Gasteiger partial charge < -0.3 is 4.90 Å². The summed E-state index contributed by atoms with van der Waals surface area (Å²) < 4.78 is 0. The van der Waals surface area contributed by atoms with E-state index in [0.29, 0.717) is 12.0 Å². The zero-order valence-corrected chi connectivity index (χ0v) is 10.7. The summed E-state index contributed by atoms with van der Waals surface area (Å²) >= 11 is 0. The minimum absolute atomic E-state index is 0.455. The number of aliphatic imine (C=N–C) groups is 1. The Kier molecular flexibility index (Phi) is 7.13. The van der Waals surface area contributed by atoms with Crippen molar-refractivity contribution in [2.75, 3.05) is 13.6 Å². The first kappa shape index (κ1) is 14.2. The molecular weight excluding hydrogens is 188 g/mol. The molecule has 3 N–H and O–H groups in total. The molecule has 0 aromatic rings. The van der Waals surface area contributed by atoms with E-state index in [1.54, 1.807) is 0 Å². The van der Waals surface area contributed by atoms with Crippen molar-refractivity contribution < 1.29 is 0 Å². The molecule has 0 heterocycles. The summed E-state index contributed by atoms with van der Waals surface area (Å²) in [6, 6.07) is 0.455. The molecule has 0 aromatic heterocycles. The minimum Gasteiger partial charge on any atom is -0.342 e. The fourth-order valence-corrected chi connectivity index (χ4v) is 1.53. The molecule has 0 saturated carbocycles. The number of nitrogens with two attached hydrogens (primary N) is 1. The van der Waals surface area contributed by atoms with E-state index >= 15 is 0 Å². The van der Waals surface area contributed by atoms with Gasteiger partial charge in [-0.05, 0) is 25.7 Å². The van der Waals surface area contributed by atoms with E-state index in [0.717, 1.165) is 25.3 Å². The molecule has 0 aromatic carbocycles. The van der Waals surface area contributed by atoms with Crippen LogP contribution >= 0.6 is 0 Å². The van der Waals surface area contributed by atoms with Crippen LogP contribution in [0.15, 0.2) is 4.99 Å². The number of hydrogen-bond donors (Lipinski definition) is 2. The largest absolute Gasteiger partial charge is 0.342 e. The van der Waals surface area contributed by atoms with Crippen LogP contribution in [0.3, 0.4) is 0 Å². The van der Waals surface area contributed by atoms with Crippen molar-refractivity contribution in [2.24, 2.45) is 16.8 Å². The smallest absolute Gasteiger partial charge is 0.208 e. The molecule has 0 saturated heterocycles. The first-order valence-electron chi connectivity index (χ1n) is 5.76. The molecule has 0 fully saturated rings.